The van der Waals surface area contributed by atoms with Crippen molar-refractivity contribution in [3.05, 3.63) is 33.9 Å². The van der Waals surface area contributed by atoms with E-state index in [1.54, 1.807) is 0 Å². The minimum Gasteiger partial charge on any atom is -0.490 e. The van der Waals surface area contributed by atoms with Crippen LogP contribution in [0.4, 0.5) is 5.69 Å². The van der Waals surface area contributed by atoms with E-state index in [4.69, 9.17) is 10.5 Å². The molecule has 0 heterocycles. The van der Waals surface area contributed by atoms with Crippen LogP contribution in [-0.4, -0.2) is 30.5 Å². The van der Waals surface area contributed by atoms with Gasteiger partial charge in [-0.2, -0.15) is 0 Å². The van der Waals surface area contributed by atoms with Gasteiger partial charge in [0.15, 0.2) is 5.75 Å². The molecule has 0 aliphatic heterocycles. The zero-order chi connectivity index (χ0) is 14.4. The maximum absolute atomic E-state index is 11.8. The Balaban J connectivity index is 2.81. The van der Waals surface area contributed by atoms with Crippen LogP contribution in [0.25, 0.3) is 0 Å². The Morgan fingerprint density at radius 1 is 1.58 bits per heavy atom. The highest BCUT2D eigenvalue weighted by Crippen LogP contribution is 2.27. The lowest BCUT2D eigenvalue weighted by atomic mass is 10.1. The minimum atomic E-state index is -0.586. The Bertz CT molecular complexity index is 474. The Kier molecular flexibility index (Phi) is 5.25. The summed E-state index contributed by atoms with van der Waals surface area (Å²) in [7, 11) is 1.34. The third kappa shape index (κ3) is 4.22. The van der Waals surface area contributed by atoms with E-state index in [2.05, 4.69) is 5.32 Å². The summed E-state index contributed by atoms with van der Waals surface area (Å²) in [6.07, 6.45) is 0.643. The molecule has 0 saturated carbocycles. The van der Waals surface area contributed by atoms with Crippen molar-refractivity contribution in [2.45, 2.75) is 19.4 Å². The lowest BCUT2D eigenvalue weighted by Crippen LogP contribution is -2.28. The molecular weight excluding hydrogens is 250 g/mol. The summed E-state index contributed by atoms with van der Waals surface area (Å²) in [5.74, 6) is -0.247. The number of hydrogen-bond donors (Lipinski definition) is 2. The number of benzene rings is 1. The molecule has 1 unspecified atom stereocenters. The van der Waals surface area contributed by atoms with Gasteiger partial charge in [0.1, 0.15) is 0 Å². The molecule has 0 aliphatic carbocycles. The van der Waals surface area contributed by atoms with Crippen molar-refractivity contribution in [2.24, 2.45) is 5.73 Å². The van der Waals surface area contributed by atoms with Gasteiger partial charge in [0.25, 0.3) is 5.91 Å². The van der Waals surface area contributed by atoms with Crippen LogP contribution < -0.4 is 15.8 Å². The number of nitrogens with two attached hydrogens (primary N) is 1. The van der Waals surface area contributed by atoms with Crippen molar-refractivity contribution < 1.29 is 14.5 Å². The molecule has 7 heteroatoms. The van der Waals surface area contributed by atoms with Gasteiger partial charge in [0.2, 0.25) is 0 Å². The smallest absolute Gasteiger partial charge is 0.311 e. The van der Waals surface area contributed by atoms with Gasteiger partial charge in [-0.3, -0.25) is 14.9 Å². The number of carbonyl (C=O) groups is 1. The summed E-state index contributed by atoms with van der Waals surface area (Å²) < 4.78 is 4.86. The van der Waals surface area contributed by atoms with Crippen molar-refractivity contribution in [1.29, 1.82) is 0 Å². The zero-order valence-electron chi connectivity index (χ0n) is 10.9. The maximum Gasteiger partial charge on any atom is 0.311 e. The first kappa shape index (κ1) is 14.9. The van der Waals surface area contributed by atoms with E-state index in [9.17, 15) is 14.9 Å². The fourth-order valence-corrected chi connectivity index (χ4v) is 1.49. The fraction of sp³-hybridized carbons (Fsp3) is 0.417. The quantitative estimate of drug-likeness (QED) is 0.592. The molecule has 0 aliphatic rings. The second-order valence-corrected chi connectivity index (χ2v) is 4.17. The molecule has 0 saturated heterocycles. The number of hydrogen-bond acceptors (Lipinski definition) is 5. The number of nitro groups is 1. The van der Waals surface area contributed by atoms with Crippen LogP contribution in [0.3, 0.4) is 0 Å². The number of amides is 1. The van der Waals surface area contributed by atoms with Gasteiger partial charge in [-0.25, -0.2) is 0 Å². The first-order valence-electron chi connectivity index (χ1n) is 5.82. The molecule has 1 amide bonds. The van der Waals surface area contributed by atoms with Crippen molar-refractivity contribution in [1.82, 2.24) is 5.32 Å². The van der Waals surface area contributed by atoms with Crippen LogP contribution in [0, 0.1) is 10.1 Å². The van der Waals surface area contributed by atoms with Crippen LogP contribution in [0.5, 0.6) is 5.75 Å². The Labute approximate surface area is 110 Å². The number of ether oxygens (including phenoxy) is 1. The van der Waals surface area contributed by atoms with E-state index in [1.807, 2.05) is 6.92 Å². The minimum absolute atomic E-state index is 0.00879. The number of nitrogens with zero attached hydrogens (tertiary/aromatic N) is 1. The summed E-state index contributed by atoms with van der Waals surface area (Å²) in [4.78, 5) is 22.0. The highest BCUT2D eigenvalue weighted by molar-refractivity contribution is 5.95. The topological polar surface area (TPSA) is 107 Å². The summed E-state index contributed by atoms with van der Waals surface area (Å²) >= 11 is 0. The van der Waals surface area contributed by atoms with E-state index < -0.39 is 4.92 Å². The predicted octanol–water partition coefficient (Wildman–Crippen LogP) is 1.07. The van der Waals surface area contributed by atoms with E-state index in [0.29, 0.717) is 13.0 Å². The normalized spacial score (nSPS) is 11.7. The first-order chi connectivity index (χ1) is 8.95. The lowest BCUT2D eigenvalue weighted by Gasteiger charge is -2.08. The summed E-state index contributed by atoms with van der Waals surface area (Å²) in [6.45, 7) is 2.26. The molecule has 0 bridgehead atoms. The average Bonchev–Trinajstić information content (AvgIpc) is 2.37. The highest BCUT2D eigenvalue weighted by atomic mass is 16.6. The van der Waals surface area contributed by atoms with Gasteiger partial charge in [0, 0.05) is 24.2 Å². The van der Waals surface area contributed by atoms with Gasteiger partial charge in [0.05, 0.1) is 12.0 Å². The first-order valence-corrected chi connectivity index (χ1v) is 5.82. The van der Waals surface area contributed by atoms with E-state index in [0.717, 1.165) is 0 Å². The van der Waals surface area contributed by atoms with Crippen LogP contribution in [-0.2, 0) is 0 Å². The monoisotopic (exact) mass is 267 g/mol. The third-order valence-electron chi connectivity index (χ3n) is 2.52. The number of nitrogens with one attached hydrogen (secondary N) is 1. The van der Waals surface area contributed by atoms with E-state index in [-0.39, 0.29) is 28.9 Å². The second kappa shape index (κ2) is 6.69. The third-order valence-corrected chi connectivity index (χ3v) is 2.52. The summed E-state index contributed by atoms with van der Waals surface area (Å²) in [5, 5.41) is 13.5. The average molecular weight is 267 g/mol. The molecule has 1 aromatic rings. The maximum atomic E-state index is 11.8. The Morgan fingerprint density at radius 2 is 2.26 bits per heavy atom. The highest BCUT2D eigenvalue weighted by Gasteiger charge is 2.17. The molecule has 3 N–H and O–H groups in total. The summed E-state index contributed by atoms with van der Waals surface area (Å²) in [5.41, 5.74) is 5.55. The van der Waals surface area contributed by atoms with Gasteiger partial charge in [-0.15, -0.1) is 0 Å². The van der Waals surface area contributed by atoms with Gasteiger partial charge in [-0.05, 0) is 25.5 Å². The number of rotatable bonds is 6. The predicted molar refractivity (Wildman–Crippen MR) is 70.2 cm³/mol. The second-order valence-electron chi connectivity index (χ2n) is 4.17. The standard InChI is InChI=1S/C12H17N3O4/c1-8(13)5-6-14-12(16)9-3-4-11(19-2)10(7-9)15(17)18/h3-4,7-8H,5-6,13H2,1-2H3,(H,14,16). The van der Waals surface area contributed by atoms with Gasteiger partial charge < -0.3 is 15.8 Å². The van der Waals surface area contributed by atoms with E-state index in [1.165, 1.54) is 25.3 Å². The molecule has 1 rings (SSSR count). The number of methoxy groups -OCH3 is 1. The van der Waals surface area contributed by atoms with Crippen LogP contribution in [0.15, 0.2) is 18.2 Å². The van der Waals surface area contributed by atoms with Crippen molar-refractivity contribution in [2.75, 3.05) is 13.7 Å². The Morgan fingerprint density at radius 3 is 2.79 bits per heavy atom. The molecular formula is C12H17N3O4. The number of carbonyl (C=O) groups excluding carboxylic acids is 1. The molecule has 0 aromatic heterocycles. The van der Waals surface area contributed by atoms with Crippen LogP contribution >= 0.6 is 0 Å². The number of nitro benzene ring substituents is 1. The van der Waals surface area contributed by atoms with Crippen LogP contribution in [0.2, 0.25) is 0 Å². The molecule has 1 aromatic carbocycles. The zero-order valence-corrected chi connectivity index (χ0v) is 10.9. The molecule has 7 nitrogen and oxygen atoms in total. The molecule has 1 atom stereocenters. The lowest BCUT2D eigenvalue weighted by molar-refractivity contribution is -0.385. The summed E-state index contributed by atoms with van der Waals surface area (Å²) in [6, 6.07) is 4.07. The van der Waals surface area contributed by atoms with Crippen molar-refractivity contribution >= 4 is 11.6 Å². The molecule has 0 fully saturated rings. The Hall–Kier alpha value is -2.15. The SMILES string of the molecule is COc1ccc(C(=O)NCCC(C)N)cc1[N+](=O)[O-]. The van der Waals surface area contributed by atoms with Crippen LogP contribution in [0.1, 0.15) is 23.7 Å². The van der Waals surface area contributed by atoms with Gasteiger partial charge in [-0.1, -0.05) is 0 Å². The fourth-order valence-electron chi connectivity index (χ4n) is 1.49. The van der Waals surface area contributed by atoms with Crippen molar-refractivity contribution in [3.8, 4) is 5.75 Å². The molecule has 0 spiro atoms. The molecule has 19 heavy (non-hydrogen) atoms. The van der Waals surface area contributed by atoms with Gasteiger partial charge >= 0.3 is 5.69 Å². The molecule has 104 valence electrons. The largest absolute Gasteiger partial charge is 0.490 e. The van der Waals surface area contributed by atoms with E-state index >= 15 is 0 Å². The molecule has 0 radical (unpaired) electrons. The van der Waals surface area contributed by atoms with Crippen molar-refractivity contribution in [3.63, 3.8) is 0 Å².